The minimum absolute atomic E-state index is 0.768. The Balaban J connectivity index is 2.62. The van der Waals surface area contributed by atoms with E-state index in [2.05, 4.69) is 16.0 Å². The van der Waals surface area contributed by atoms with E-state index in [1.54, 1.807) is 17.5 Å². The Bertz CT molecular complexity index is 446. The lowest BCUT2D eigenvalue weighted by Crippen LogP contribution is -1.85. The van der Waals surface area contributed by atoms with Crippen molar-refractivity contribution in [3.8, 4) is 0 Å². The van der Waals surface area contributed by atoms with Gasteiger partial charge < -0.3 is 0 Å². The largest absolute Gasteiger partial charge is 0.290 e. The summed E-state index contributed by atoms with van der Waals surface area (Å²) in [6, 6.07) is 2.06. The molecule has 0 saturated heterocycles. The zero-order chi connectivity index (χ0) is 7.97. The standard InChI is InChI=1S/C8H5N3S/c1-4-12-7-6(1)5-11-3-2-9-8(11)10-7/h1-5H. The molecule has 3 heterocycles. The summed E-state index contributed by atoms with van der Waals surface area (Å²) in [6.07, 6.45) is 5.70. The molecule has 0 fully saturated rings. The van der Waals surface area contributed by atoms with Crippen LogP contribution in [0.5, 0.6) is 0 Å². The highest BCUT2D eigenvalue weighted by Gasteiger charge is 1.99. The van der Waals surface area contributed by atoms with Gasteiger partial charge >= 0.3 is 0 Å². The van der Waals surface area contributed by atoms with Gasteiger partial charge in [-0.1, -0.05) is 0 Å². The van der Waals surface area contributed by atoms with Gasteiger partial charge in [-0.2, -0.15) is 0 Å². The molecule has 3 nitrogen and oxygen atoms in total. The monoisotopic (exact) mass is 175 g/mol. The first-order valence-corrected chi connectivity index (χ1v) is 4.48. The molecule has 0 unspecified atom stereocenters. The number of hydrogen-bond acceptors (Lipinski definition) is 3. The van der Waals surface area contributed by atoms with E-state index in [0.29, 0.717) is 0 Å². The molecule has 12 heavy (non-hydrogen) atoms. The summed E-state index contributed by atoms with van der Waals surface area (Å²) < 4.78 is 1.93. The Morgan fingerprint density at radius 1 is 1.42 bits per heavy atom. The maximum atomic E-state index is 4.37. The first-order chi connectivity index (χ1) is 5.93. The smallest absolute Gasteiger partial charge is 0.235 e. The fourth-order valence-corrected chi connectivity index (χ4v) is 1.97. The van der Waals surface area contributed by atoms with Crippen molar-refractivity contribution in [1.29, 1.82) is 0 Å². The van der Waals surface area contributed by atoms with Crippen molar-refractivity contribution in [2.24, 2.45) is 0 Å². The van der Waals surface area contributed by atoms with Crippen molar-refractivity contribution < 1.29 is 0 Å². The minimum atomic E-state index is 0.768. The second-order valence-corrected chi connectivity index (χ2v) is 3.45. The van der Waals surface area contributed by atoms with E-state index in [-0.39, 0.29) is 0 Å². The molecule has 0 aliphatic carbocycles. The lowest BCUT2D eigenvalue weighted by molar-refractivity contribution is 1.15. The molecular formula is C8H5N3S. The molecule has 0 saturated carbocycles. The Hall–Kier alpha value is -1.42. The molecule has 0 atom stereocenters. The lowest BCUT2D eigenvalue weighted by Gasteiger charge is -1.91. The molecule has 3 aromatic heterocycles. The van der Waals surface area contributed by atoms with Crippen LogP contribution in [0.3, 0.4) is 0 Å². The highest BCUT2D eigenvalue weighted by molar-refractivity contribution is 7.16. The molecule has 0 bridgehead atoms. The number of imidazole rings is 1. The van der Waals surface area contributed by atoms with E-state index in [1.165, 1.54) is 5.39 Å². The molecule has 0 N–H and O–H groups in total. The summed E-state index contributed by atoms with van der Waals surface area (Å²) in [7, 11) is 0. The lowest BCUT2D eigenvalue weighted by atomic mass is 10.4. The summed E-state index contributed by atoms with van der Waals surface area (Å²) in [5.74, 6) is 0.768. The van der Waals surface area contributed by atoms with Gasteiger partial charge in [-0.05, 0) is 11.4 Å². The Morgan fingerprint density at radius 3 is 3.42 bits per heavy atom. The summed E-state index contributed by atoms with van der Waals surface area (Å²) in [6.45, 7) is 0. The fraction of sp³-hybridized carbons (Fsp3) is 0. The highest BCUT2D eigenvalue weighted by Crippen LogP contribution is 2.18. The van der Waals surface area contributed by atoms with Crippen molar-refractivity contribution in [1.82, 2.24) is 14.4 Å². The summed E-state index contributed by atoms with van der Waals surface area (Å²) in [4.78, 5) is 9.52. The number of nitrogens with zero attached hydrogens (tertiary/aromatic N) is 3. The van der Waals surface area contributed by atoms with Crippen LogP contribution in [-0.4, -0.2) is 14.4 Å². The average Bonchev–Trinajstić information content (AvgIpc) is 2.64. The van der Waals surface area contributed by atoms with Crippen molar-refractivity contribution in [3.63, 3.8) is 0 Å². The van der Waals surface area contributed by atoms with Crippen molar-refractivity contribution in [2.75, 3.05) is 0 Å². The number of aromatic nitrogens is 3. The van der Waals surface area contributed by atoms with Gasteiger partial charge in [-0.15, -0.1) is 11.3 Å². The van der Waals surface area contributed by atoms with Crippen LogP contribution in [0.4, 0.5) is 0 Å². The van der Waals surface area contributed by atoms with Gasteiger partial charge in [-0.3, -0.25) is 4.40 Å². The van der Waals surface area contributed by atoms with Crippen LogP contribution in [-0.2, 0) is 0 Å². The Morgan fingerprint density at radius 2 is 2.42 bits per heavy atom. The van der Waals surface area contributed by atoms with Crippen LogP contribution in [0.15, 0.2) is 30.0 Å². The predicted octanol–water partition coefficient (Wildman–Crippen LogP) is 1.94. The highest BCUT2D eigenvalue weighted by atomic mass is 32.1. The maximum Gasteiger partial charge on any atom is 0.235 e. The number of fused-ring (bicyclic) bond motifs is 2. The normalized spacial score (nSPS) is 11.3. The number of hydrogen-bond donors (Lipinski definition) is 0. The number of rotatable bonds is 0. The van der Waals surface area contributed by atoms with Crippen molar-refractivity contribution >= 4 is 27.3 Å². The third-order valence-electron chi connectivity index (χ3n) is 1.80. The van der Waals surface area contributed by atoms with E-state index in [9.17, 15) is 0 Å². The molecule has 0 amide bonds. The first-order valence-electron chi connectivity index (χ1n) is 3.60. The minimum Gasteiger partial charge on any atom is -0.290 e. The quantitative estimate of drug-likeness (QED) is 0.522. The van der Waals surface area contributed by atoms with Crippen molar-refractivity contribution in [2.45, 2.75) is 0 Å². The van der Waals surface area contributed by atoms with Crippen LogP contribution in [0.1, 0.15) is 0 Å². The van der Waals surface area contributed by atoms with Gasteiger partial charge in [0, 0.05) is 24.0 Å². The van der Waals surface area contributed by atoms with E-state index in [4.69, 9.17) is 0 Å². The van der Waals surface area contributed by atoms with Gasteiger partial charge in [0.15, 0.2) is 0 Å². The molecule has 4 heteroatoms. The van der Waals surface area contributed by atoms with Gasteiger partial charge in [0.25, 0.3) is 0 Å². The van der Waals surface area contributed by atoms with Crippen LogP contribution >= 0.6 is 11.3 Å². The summed E-state index contributed by atoms with van der Waals surface area (Å²) >= 11 is 1.64. The molecule has 58 valence electrons. The van der Waals surface area contributed by atoms with Crippen LogP contribution in [0.25, 0.3) is 16.0 Å². The second-order valence-electron chi connectivity index (χ2n) is 2.56. The molecule has 0 spiro atoms. The molecule has 3 rings (SSSR count). The van der Waals surface area contributed by atoms with Gasteiger partial charge in [-0.25, -0.2) is 9.97 Å². The van der Waals surface area contributed by atoms with Gasteiger partial charge in [0.1, 0.15) is 4.83 Å². The van der Waals surface area contributed by atoms with Gasteiger partial charge in [0.2, 0.25) is 5.78 Å². The third kappa shape index (κ3) is 0.698. The van der Waals surface area contributed by atoms with Crippen molar-refractivity contribution in [3.05, 3.63) is 30.0 Å². The molecular weight excluding hydrogens is 170 g/mol. The SMILES string of the molecule is c1cn2cc3ccsc3nc2n1. The van der Waals surface area contributed by atoms with E-state index >= 15 is 0 Å². The molecule has 0 aliphatic rings. The first kappa shape index (κ1) is 6.14. The van der Waals surface area contributed by atoms with E-state index < -0.39 is 0 Å². The van der Waals surface area contributed by atoms with Crippen LogP contribution in [0, 0.1) is 0 Å². The Labute approximate surface area is 72.3 Å². The zero-order valence-corrected chi connectivity index (χ0v) is 6.95. The number of thiophene rings is 1. The third-order valence-corrected chi connectivity index (χ3v) is 2.62. The Kier molecular flexibility index (Phi) is 1.04. The molecule has 0 aliphatic heterocycles. The fourth-order valence-electron chi connectivity index (χ4n) is 1.23. The second kappa shape index (κ2) is 2.04. The maximum absolute atomic E-state index is 4.37. The van der Waals surface area contributed by atoms with Crippen LogP contribution < -0.4 is 0 Å². The average molecular weight is 175 g/mol. The topological polar surface area (TPSA) is 30.2 Å². The van der Waals surface area contributed by atoms with E-state index in [1.807, 2.05) is 22.2 Å². The van der Waals surface area contributed by atoms with Gasteiger partial charge in [0.05, 0.1) is 0 Å². The predicted molar refractivity (Wildman–Crippen MR) is 48.4 cm³/mol. The van der Waals surface area contributed by atoms with Crippen LogP contribution in [0.2, 0.25) is 0 Å². The zero-order valence-electron chi connectivity index (χ0n) is 6.14. The molecule has 3 aromatic rings. The van der Waals surface area contributed by atoms with E-state index in [0.717, 1.165) is 10.6 Å². The summed E-state index contributed by atoms with van der Waals surface area (Å²) in [5.41, 5.74) is 0. The summed E-state index contributed by atoms with van der Waals surface area (Å²) in [5, 5.41) is 3.21. The molecule has 0 aromatic carbocycles. The molecule has 0 radical (unpaired) electrons.